The second kappa shape index (κ2) is 5.80. The number of hydrogen-bond acceptors (Lipinski definition) is 2. The highest BCUT2D eigenvalue weighted by atomic mass is 32.1. The van der Waals surface area contributed by atoms with Crippen molar-refractivity contribution >= 4 is 39.0 Å². The van der Waals surface area contributed by atoms with Crippen molar-refractivity contribution in [3.63, 3.8) is 0 Å². The molecule has 2 aromatic heterocycles. The van der Waals surface area contributed by atoms with Gasteiger partial charge in [0.2, 0.25) is 5.91 Å². The van der Waals surface area contributed by atoms with E-state index in [-0.39, 0.29) is 0 Å². The van der Waals surface area contributed by atoms with Gasteiger partial charge in [0, 0.05) is 22.9 Å². The summed E-state index contributed by atoms with van der Waals surface area (Å²) in [5, 5.41) is 6.11. The Kier molecular flexibility index (Phi) is 3.62. The Labute approximate surface area is 144 Å². The van der Waals surface area contributed by atoms with Crippen LogP contribution in [-0.4, -0.2) is 10.5 Å². The fraction of sp³-hybridized carbons (Fsp3) is 0.150. The minimum atomic E-state index is -0.400. The van der Waals surface area contributed by atoms with Crippen LogP contribution >= 0.6 is 11.3 Å². The quantitative estimate of drug-likeness (QED) is 0.592. The second-order valence-electron chi connectivity index (χ2n) is 5.90. The largest absolute Gasteiger partial charge is 0.366 e. The number of fused-ring (bicyclic) bond motifs is 3. The number of aromatic nitrogens is 1. The Morgan fingerprint density at radius 3 is 2.83 bits per heavy atom. The molecule has 3 nitrogen and oxygen atoms in total. The van der Waals surface area contributed by atoms with Gasteiger partial charge in [-0.15, -0.1) is 0 Å². The molecule has 0 bridgehead atoms. The van der Waals surface area contributed by atoms with Crippen LogP contribution in [0.2, 0.25) is 0 Å². The van der Waals surface area contributed by atoms with Gasteiger partial charge in [-0.1, -0.05) is 19.1 Å². The summed E-state index contributed by atoms with van der Waals surface area (Å²) in [6.45, 7) is 2.91. The van der Waals surface area contributed by atoms with E-state index in [0.717, 1.165) is 34.8 Å². The number of amides is 1. The summed E-state index contributed by atoms with van der Waals surface area (Å²) in [5.41, 5.74) is 10.8. The average Bonchev–Trinajstić information content (AvgIpc) is 3.21. The normalized spacial score (nSPS) is 11.4. The fourth-order valence-electron chi connectivity index (χ4n) is 3.24. The third-order valence-electron chi connectivity index (χ3n) is 4.45. The Balaban J connectivity index is 2.09. The standard InChI is InChI=1S/C20H17N2OS/c1-2-13-6-7-15-18(10-13)22(11-14-8-9-24-12-14)17-5-3-4-16(19(15)17)20(21)23/h3-6,8-10,12H,2,11H2,1H3,(H2,21,23). The fourth-order valence-corrected chi connectivity index (χ4v) is 3.90. The summed E-state index contributed by atoms with van der Waals surface area (Å²) in [4.78, 5) is 11.9. The van der Waals surface area contributed by atoms with E-state index < -0.39 is 5.91 Å². The van der Waals surface area contributed by atoms with Gasteiger partial charge in [0.25, 0.3) is 0 Å². The SMILES string of the molecule is CCc1c[c]c2c3c(C(N)=O)cccc3n(Cc3ccsc3)c2c1. The molecule has 1 radical (unpaired) electrons. The zero-order chi connectivity index (χ0) is 16.7. The minimum Gasteiger partial charge on any atom is -0.366 e. The van der Waals surface area contributed by atoms with E-state index in [1.807, 2.05) is 18.2 Å². The number of carbonyl (C=O) groups is 1. The van der Waals surface area contributed by atoms with E-state index in [1.165, 1.54) is 11.1 Å². The number of rotatable bonds is 4. The molecular formula is C20H17N2OS. The molecule has 0 saturated heterocycles. The lowest BCUT2D eigenvalue weighted by Crippen LogP contribution is -2.11. The lowest BCUT2D eigenvalue weighted by atomic mass is 10.0. The monoisotopic (exact) mass is 333 g/mol. The van der Waals surface area contributed by atoms with Crippen molar-refractivity contribution in [3.8, 4) is 0 Å². The van der Waals surface area contributed by atoms with Crippen LogP contribution in [0.3, 0.4) is 0 Å². The van der Waals surface area contributed by atoms with Crippen molar-refractivity contribution in [2.75, 3.05) is 0 Å². The van der Waals surface area contributed by atoms with Crippen molar-refractivity contribution in [1.82, 2.24) is 4.57 Å². The maximum Gasteiger partial charge on any atom is 0.249 e. The summed E-state index contributed by atoms with van der Waals surface area (Å²) in [5.74, 6) is -0.400. The number of thiophene rings is 1. The van der Waals surface area contributed by atoms with Crippen molar-refractivity contribution in [2.24, 2.45) is 5.73 Å². The van der Waals surface area contributed by atoms with Gasteiger partial charge in [-0.2, -0.15) is 11.3 Å². The molecule has 0 aliphatic carbocycles. The molecule has 4 rings (SSSR count). The van der Waals surface area contributed by atoms with Crippen molar-refractivity contribution in [2.45, 2.75) is 19.9 Å². The first-order valence-electron chi connectivity index (χ1n) is 7.95. The average molecular weight is 333 g/mol. The highest BCUT2D eigenvalue weighted by Gasteiger charge is 2.17. The van der Waals surface area contributed by atoms with Crippen LogP contribution < -0.4 is 5.73 Å². The van der Waals surface area contributed by atoms with E-state index in [0.29, 0.717) is 5.56 Å². The Bertz CT molecular complexity index is 1040. The molecule has 4 aromatic rings. The lowest BCUT2D eigenvalue weighted by Gasteiger charge is -2.07. The summed E-state index contributed by atoms with van der Waals surface area (Å²) in [6, 6.07) is 15.5. The molecule has 0 atom stereocenters. The van der Waals surface area contributed by atoms with Crippen LogP contribution in [0.5, 0.6) is 0 Å². The number of aryl methyl sites for hydroxylation is 1. The zero-order valence-electron chi connectivity index (χ0n) is 13.4. The molecule has 0 aliphatic rings. The first-order valence-corrected chi connectivity index (χ1v) is 8.89. The van der Waals surface area contributed by atoms with Crippen LogP contribution in [0.1, 0.15) is 28.4 Å². The number of carbonyl (C=O) groups excluding carboxylic acids is 1. The molecule has 0 spiro atoms. The van der Waals surface area contributed by atoms with E-state index in [1.54, 1.807) is 17.4 Å². The van der Waals surface area contributed by atoms with Crippen LogP contribution in [0.25, 0.3) is 21.8 Å². The van der Waals surface area contributed by atoms with Crippen molar-refractivity contribution in [3.05, 3.63) is 69.9 Å². The smallest absolute Gasteiger partial charge is 0.249 e. The summed E-state index contributed by atoms with van der Waals surface area (Å²) < 4.78 is 2.26. The van der Waals surface area contributed by atoms with Crippen LogP contribution in [-0.2, 0) is 13.0 Å². The number of hydrogen-bond donors (Lipinski definition) is 1. The maximum atomic E-state index is 11.9. The Morgan fingerprint density at radius 1 is 1.25 bits per heavy atom. The molecule has 0 fully saturated rings. The molecule has 0 aliphatic heterocycles. The molecule has 1 amide bonds. The lowest BCUT2D eigenvalue weighted by molar-refractivity contribution is 0.100. The molecule has 24 heavy (non-hydrogen) atoms. The Morgan fingerprint density at radius 2 is 2.12 bits per heavy atom. The molecule has 2 heterocycles. The second-order valence-corrected chi connectivity index (χ2v) is 6.68. The highest BCUT2D eigenvalue weighted by molar-refractivity contribution is 7.07. The summed E-state index contributed by atoms with van der Waals surface area (Å²) in [7, 11) is 0. The van der Waals surface area contributed by atoms with Gasteiger partial charge < -0.3 is 10.3 Å². The van der Waals surface area contributed by atoms with Gasteiger partial charge in [-0.25, -0.2) is 0 Å². The van der Waals surface area contributed by atoms with Gasteiger partial charge in [0.1, 0.15) is 0 Å². The number of benzene rings is 2. The van der Waals surface area contributed by atoms with E-state index >= 15 is 0 Å². The van der Waals surface area contributed by atoms with E-state index in [9.17, 15) is 4.79 Å². The van der Waals surface area contributed by atoms with Crippen LogP contribution in [0.4, 0.5) is 0 Å². The first-order chi connectivity index (χ1) is 11.7. The van der Waals surface area contributed by atoms with E-state index in [4.69, 9.17) is 5.73 Å². The first kappa shape index (κ1) is 15.0. The molecule has 4 heteroatoms. The number of nitrogens with two attached hydrogens (primary N) is 1. The minimum absolute atomic E-state index is 0.400. The molecule has 0 unspecified atom stereocenters. The van der Waals surface area contributed by atoms with E-state index in [2.05, 4.69) is 40.5 Å². The van der Waals surface area contributed by atoms with Crippen molar-refractivity contribution < 1.29 is 4.79 Å². The van der Waals surface area contributed by atoms with Gasteiger partial charge in [0.15, 0.2) is 0 Å². The maximum absolute atomic E-state index is 11.9. The zero-order valence-corrected chi connectivity index (χ0v) is 14.2. The molecule has 2 aromatic carbocycles. The third kappa shape index (κ3) is 2.31. The highest BCUT2D eigenvalue weighted by Crippen LogP contribution is 2.33. The Hall–Kier alpha value is -2.59. The van der Waals surface area contributed by atoms with Crippen LogP contribution in [0.15, 0.2) is 47.2 Å². The number of nitrogens with zero attached hydrogens (tertiary/aromatic N) is 1. The molecular weight excluding hydrogens is 316 g/mol. The van der Waals surface area contributed by atoms with Crippen molar-refractivity contribution in [1.29, 1.82) is 0 Å². The molecule has 119 valence electrons. The van der Waals surface area contributed by atoms with Crippen LogP contribution in [0, 0.1) is 6.07 Å². The van der Waals surface area contributed by atoms with Gasteiger partial charge in [-0.3, -0.25) is 4.79 Å². The molecule has 2 N–H and O–H groups in total. The summed E-state index contributed by atoms with van der Waals surface area (Å²) >= 11 is 1.69. The van der Waals surface area contributed by atoms with Gasteiger partial charge >= 0.3 is 0 Å². The predicted molar refractivity (Wildman–Crippen MR) is 99.6 cm³/mol. The molecule has 0 saturated carbocycles. The number of primary amides is 1. The van der Waals surface area contributed by atoms with Gasteiger partial charge in [-0.05, 0) is 58.6 Å². The van der Waals surface area contributed by atoms with Gasteiger partial charge in [0.05, 0.1) is 11.0 Å². The topological polar surface area (TPSA) is 48.0 Å². The summed E-state index contributed by atoms with van der Waals surface area (Å²) in [6.07, 6.45) is 0.953. The predicted octanol–water partition coefficient (Wildman–Crippen LogP) is 4.37. The third-order valence-corrected chi connectivity index (χ3v) is 5.18.